The van der Waals surface area contributed by atoms with Gasteiger partial charge in [0.05, 0.1) is 18.7 Å². The van der Waals surface area contributed by atoms with E-state index in [1.54, 1.807) is 26.0 Å². The molecule has 0 aliphatic carbocycles. The molecule has 1 aliphatic heterocycles. The first-order valence-electron chi connectivity index (χ1n) is 14.9. The number of carbonyl (C=O) groups excluding carboxylic acids is 4. The van der Waals surface area contributed by atoms with Crippen molar-refractivity contribution >= 4 is 34.5 Å². The van der Waals surface area contributed by atoms with Crippen LogP contribution in [0.1, 0.15) is 37.0 Å². The maximum atomic E-state index is 13.9. The van der Waals surface area contributed by atoms with Gasteiger partial charge in [0.15, 0.2) is 11.6 Å². The fourth-order valence-corrected chi connectivity index (χ4v) is 5.25. The van der Waals surface area contributed by atoms with Gasteiger partial charge < -0.3 is 30.2 Å². The maximum absolute atomic E-state index is 13.9. The molecule has 0 bridgehead atoms. The van der Waals surface area contributed by atoms with Crippen LogP contribution >= 0.6 is 0 Å². The number of hydrogen-bond donors (Lipinski definition) is 4. The molecule has 2 amide bonds. The number of Topliss-reactive ketones (excluding diaryl/α,β-unsaturated/α-hetero) is 2. The number of H-pyrrole nitrogens is 1. The number of aromatic hydroxyl groups is 1. The summed E-state index contributed by atoms with van der Waals surface area (Å²) in [5.41, 5.74) is 2.31. The van der Waals surface area contributed by atoms with Gasteiger partial charge in [0, 0.05) is 29.4 Å². The molecule has 10 nitrogen and oxygen atoms in total. The molecule has 0 spiro atoms. The van der Waals surface area contributed by atoms with E-state index in [0.29, 0.717) is 0 Å². The summed E-state index contributed by atoms with van der Waals surface area (Å²) in [5.74, 6) is -1.84. The third-order valence-corrected chi connectivity index (χ3v) is 8.10. The first kappa shape index (κ1) is 31.5. The quantitative estimate of drug-likeness (QED) is 0.155. The van der Waals surface area contributed by atoms with Gasteiger partial charge in [-0.05, 0) is 61.6 Å². The largest absolute Gasteiger partial charge is 0.508 e. The van der Waals surface area contributed by atoms with Gasteiger partial charge in [0.1, 0.15) is 18.0 Å². The van der Waals surface area contributed by atoms with Crippen LogP contribution in [0.3, 0.4) is 0 Å². The number of phenolic OH excluding ortho intramolecular Hbond substituents is 1. The Bertz CT molecular complexity index is 1660. The number of aromatic nitrogens is 1. The molecule has 3 aromatic carbocycles. The number of rotatable bonds is 14. The van der Waals surface area contributed by atoms with E-state index in [1.165, 1.54) is 12.1 Å². The first-order valence-corrected chi connectivity index (χ1v) is 14.9. The summed E-state index contributed by atoms with van der Waals surface area (Å²) in [6, 6.07) is 21.4. The number of para-hydroxylation sites is 1. The van der Waals surface area contributed by atoms with Gasteiger partial charge >= 0.3 is 6.09 Å². The summed E-state index contributed by atoms with van der Waals surface area (Å²) in [4.78, 5) is 56.4. The molecule has 5 rings (SSSR count). The van der Waals surface area contributed by atoms with Gasteiger partial charge in [-0.1, -0.05) is 60.7 Å². The Labute approximate surface area is 261 Å². The molecule has 4 atom stereocenters. The Morgan fingerprint density at radius 2 is 1.62 bits per heavy atom. The molecule has 10 heteroatoms. The van der Waals surface area contributed by atoms with E-state index in [4.69, 9.17) is 9.47 Å². The highest BCUT2D eigenvalue weighted by Crippen LogP contribution is 2.30. The van der Waals surface area contributed by atoms with Crippen molar-refractivity contribution in [3.05, 3.63) is 102 Å². The van der Waals surface area contributed by atoms with Gasteiger partial charge in [-0.25, -0.2) is 4.79 Å². The Kier molecular flexibility index (Phi) is 9.63. The molecule has 4 aromatic rings. The highest BCUT2D eigenvalue weighted by molar-refractivity contribution is 5.98. The van der Waals surface area contributed by atoms with Crippen LogP contribution in [0.25, 0.3) is 10.9 Å². The predicted molar refractivity (Wildman–Crippen MR) is 167 cm³/mol. The number of alkyl carbamates (subject to hydrolysis) is 1. The summed E-state index contributed by atoms with van der Waals surface area (Å²) >= 11 is 0. The number of fused-ring (bicyclic) bond motifs is 1. The fraction of sp³-hybridized carbons (Fsp3) is 0.314. The normalized spacial score (nSPS) is 17.6. The summed E-state index contributed by atoms with van der Waals surface area (Å²) in [5, 5.41) is 16.1. The molecule has 1 unspecified atom stereocenters. The summed E-state index contributed by atoms with van der Waals surface area (Å²) in [6.45, 7) is 3.55. The molecule has 4 N–H and O–H groups in total. The van der Waals surface area contributed by atoms with Gasteiger partial charge in [-0.15, -0.1) is 0 Å². The second-order valence-corrected chi connectivity index (χ2v) is 11.7. The topological polar surface area (TPSA) is 150 Å². The molecule has 1 aromatic heterocycles. The molecule has 1 fully saturated rings. The van der Waals surface area contributed by atoms with Crippen LogP contribution in [0, 0.1) is 5.92 Å². The minimum absolute atomic E-state index is 0.0538. The summed E-state index contributed by atoms with van der Waals surface area (Å²) < 4.78 is 10.7. The first-order chi connectivity index (χ1) is 21.6. The van der Waals surface area contributed by atoms with E-state index in [-0.39, 0.29) is 49.8 Å². The number of ether oxygens (including phenoxy) is 2. The van der Waals surface area contributed by atoms with Crippen LogP contribution in [0.15, 0.2) is 85.1 Å². The van der Waals surface area contributed by atoms with Crippen LogP contribution in [-0.2, 0) is 43.3 Å². The number of ketones is 2. The van der Waals surface area contributed by atoms with Gasteiger partial charge in [0.25, 0.3) is 0 Å². The zero-order valence-electron chi connectivity index (χ0n) is 25.2. The predicted octanol–water partition coefficient (Wildman–Crippen LogP) is 4.39. The van der Waals surface area contributed by atoms with E-state index < -0.39 is 35.6 Å². The van der Waals surface area contributed by atoms with Crippen molar-refractivity contribution in [2.75, 3.05) is 6.61 Å². The Morgan fingerprint density at radius 1 is 0.933 bits per heavy atom. The SMILES string of the molecule is C[C@@H](NC(=O)OCc1ccccc1)C(=O)C[C@@H](Cc1c[nH]c2ccccc12)C(=O)N[C@@H](Cc1ccc(O)cc1)C(=O)C1(C)CO1. The number of epoxide rings is 1. The van der Waals surface area contributed by atoms with Crippen molar-refractivity contribution in [3.8, 4) is 5.75 Å². The monoisotopic (exact) mass is 611 g/mol. The van der Waals surface area contributed by atoms with Crippen molar-refractivity contribution in [2.45, 2.75) is 57.4 Å². The fourth-order valence-electron chi connectivity index (χ4n) is 5.25. The molecule has 45 heavy (non-hydrogen) atoms. The van der Waals surface area contributed by atoms with Crippen LogP contribution in [-0.4, -0.2) is 57.9 Å². The van der Waals surface area contributed by atoms with Gasteiger partial charge in [-0.2, -0.15) is 0 Å². The molecular formula is C35H37N3O7. The third-order valence-electron chi connectivity index (χ3n) is 8.10. The van der Waals surface area contributed by atoms with Crippen molar-refractivity contribution in [1.29, 1.82) is 0 Å². The Morgan fingerprint density at radius 3 is 2.33 bits per heavy atom. The van der Waals surface area contributed by atoms with E-state index in [9.17, 15) is 24.3 Å². The van der Waals surface area contributed by atoms with Crippen LogP contribution in [0.5, 0.6) is 5.75 Å². The van der Waals surface area contributed by atoms with E-state index in [1.807, 2.05) is 60.8 Å². The van der Waals surface area contributed by atoms with Crippen molar-refractivity contribution < 1.29 is 33.8 Å². The minimum Gasteiger partial charge on any atom is -0.508 e. The Balaban J connectivity index is 1.31. The third kappa shape index (κ3) is 8.16. The van der Waals surface area contributed by atoms with Crippen molar-refractivity contribution in [2.24, 2.45) is 5.92 Å². The zero-order chi connectivity index (χ0) is 32.0. The summed E-state index contributed by atoms with van der Waals surface area (Å²) in [6.07, 6.45) is 1.30. The second kappa shape index (κ2) is 13.8. The second-order valence-electron chi connectivity index (χ2n) is 11.7. The number of nitrogens with one attached hydrogen (secondary N) is 3. The molecule has 234 valence electrons. The lowest BCUT2D eigenvalue weighted by atomic mass is 9.89. The van der Waals surface area contributed by atoms with Crippen LogP contribution in [0.4, 0.5) is 4.79 Å². The smallest absolute Gasteiger partial charge is 0.408 e. The number of aromatic amines is 1. The molecule has 0 radical (unpaired) electrons. The number of hydrogen-bond acceptors (Lipinski definition) is 7. The highest BCUT2D eigenvalue weighted by Gasteiger charge is 2.50. The van der Waals surface area contributed by atoms with Crippen LogP contribution < -0.4 is 10.6 Å². The average Bonchev–Trinajstić information content (AvgIpc) is 3.67. The molecule has 2 heterocycles. The number of amides is 2. The van der Waals surface area contributed by atoms with E-state index in [0.717, 1.165) is 27.6 Å². The summed E-state index contributed by atoms with van der Waals surface area (Å²) in [7, 11) is 0. The van der Waals surface area contributed by atoms with E-state index in [2.05, 4.69) is 15.6 Å². The molecule has 0 saturated carbocycles. The number of phenols is 1. The van der Waals surface area contributed by atoms with Crippen LogP contribution in [0.2, 0.25) is 0 Å². The van der Waals surface area contributed by atoms with Crippen molar-refractivity contribution in [3.63, 3.8) is 0 Å². The van der Waals surface area contributed by atoms with Gasteiger partial charge in [0.2, 0.25) is 5.91 Å². The number of carbonyl (C=O) groups is 4. The highest BCUT2D eigenvalue weighted by atomic mass is 16.6. The lowest BCUT2D eigenvalue weighted by Crippen LogP contribution is -2.50. The minimum atomic E-state index is -0.991. The maximum Gasteiger partial charge on any atom is 0.408 e. The number of benzene rings is 3. The van der Waals surface area contributed by atoms with Crippen molar-refractivity contribution in [1.82, 2.24) is 15.6 Å². The lowest BCUT2D eigenvalue weighted by Gasteiger charge is -2.24. The molecule has 1 saturated heterocycles. The zero-order valence-corrected chi connectivity index (χ0v) is 25.2. The van der Waals surface area contributed by atoms with E-state index >= 15 is 0 Å². The molecular weight excluding hydrogens is 574 g/mol. The standard InChI is InChI=1S/C35H37N3O7/c1-22(37-34(43)44-20-24-8-4-3-5-9-24)31(40)18-25(17-26-19-36-29-11-7-6-10-28(26)29)33(42)38-30(32(41)35(2)21-45-35)16-23-12-14-27(39)15-13-23/h3-15,19,22,25,30,36,39H,16-18,20-21H2,1-2H3,(H,37,43)(H,38,42)/t22-,25-,30+,35?/m1/s1. The Hall–Kier alpha value is -4.96. The van der Waals surface area contributed by atoms with Gasteiger partial charge in [-0.3, -0.25) is 14.4 Å². The lowest BCUT2D eigenvalue weighted by molar-refractivity contribution is -0.134. The molecule has 1 aliphatic rings. The average molecular weight is 612 g/mol.